The number of carbonyl (C=O) groups excluding carboxylic acids is 2. The molecule has 1 heterocycles. The van der Waals surface area contributed by atoms with Gasteiger partial charge in [0.1, 0.15) is 17.3 Å². The minimum atomic E-state index is -0.961. The summed E-state index contributed by atoms with van der Waals surface area (Å²) in [6.45, 7) is 0. The lowest BCUT2D eigenvalue weighted by atomic mass is 9.81. The topological polar surface area (TPSA) is 106 Å². The zero-order chi connectivity index (χ0) is 27.2. The van der Waals surface area contributed by atoms with Gasteiger partial charge in [0.05, 0.1) is 43.0 Å². The maximum absolute atomic E-state index is 14.3. The summed E-state index contributed by atoms with van der Waals surface area (Å²) in [5.41, 5.74) is 7.92. The van der Waals surface area contributed by atoms with Gasteiger partial charge < -0.3 is 15.2 Å². The van der Waals surface area contributed by atoms with Gasteiger partial charge in [-0.15, -0.1) is 11.8 Å². The number of thioether (sulfide) groups is 1. The smallest absolute Gasteiger partial charge is 0.355 e. The highest BCUT2D eigenvalue weighted by atomic mass is 32.2. The van der Waals surface area contributed by atoms with Crippen LogP contribution in [0.3, 0.4) is 0 Å². The van der Waals surface area contributed by atoms with Crippen LogP contribution in [0.15, 0.2) is 106 Å². The molecule has 1 aliphatic rings. The molecule has 0 amide bonds. The van der Waals surface area contributed by atoms with E-state index in [-0.39, 0.29) is 28.5 Å². The number of hydrogen-bond acceptors (Lipinski definition) is 8. The fourth-order valence-corrected chi connectivity index (χ4v) is 5.33. The predicted octanol–water partition coefficient (Wildman–Crippen LogP) is 5.02. The van der Waals surface area contributed by atoms with Crippen molar-refractivity contribution in [1.29, 1.82) is 5.26 Å². The number of anilines is 1. The van der Waals surface area contributed by atoms with Gasteiger partial charge in [0.2, 0.25) is 0 Å². The third-order valence-corrected chi connectivity index (χ3v) is 7.17. The van der Waals surface area contributed by atoms with Crippen LogP contribution in [-0.4, -0.2) is 26.2 Å². The Balaban J connectivity index is 1.94. The van der Waals surface area contributed by atoms with Crippen molar-refractivity contribution in [2.75, 3.05) is 19.1 Å². The molecule has 1 aliphatic heterocycles. The number of halogens is 1. The van der Waals surface area contributed by atoms with Crippen LogP contribution in [0.4, 0.5) is 10.1 Å². The van der Waals surface area contributed by atoms with E-state index in [2.05, 4.69) is 6.07 Å². The molecule has 3 aromatic rings. The number of rotatable bonds is 7. The van der Waals surface area contributed by atoms with Gasteiger partial charge in [-0.2, -0.15) is 5.26 Å². The minimum absolute atomic E-state index is 0.0339. The van der Waals surface area contributed by atoms with Crippen LogP contribution in [-0.2, 0) is 24.8 Å². The van der Waals surface area contributed by atoms with Crippen LogP contribution >= 0.6 is 11.8 Å². The van der Waals surface area contributed by atoms with Gasteiger partial charge in [0, 0.05) is 10.6 Å². The number of methoxy groups -OCH3 is 2. The molecule has 0 fully saturated rings. The second-order valence-corrected chi connectivity index (χ2v) is 9.20. The number of esters is 2. The van der Waals surface area contributed by atoms with E-state index in [1.807, 2.05) is 0 Å². The molecular weight excluding hydrogens is 505 g/mol. The maximum Gasteiger partial charge on any atom is 0.355 e. The second kappa shape index (κ2) is 11.7. The Hall–Kier alpha value is -4.55. The third kappa shape index (κ3) is 4.99. The number of nitrogens with zero attached hydrogens (tertiary/aromatic N) is 2. The van der Waals surface area contributed by atoms with Gasteiger partial charge in [0.25, 0.3) is 0 Å². The summed E-state index contributed by atoms with van der Waals surface area (Å²) in [5.74, 6) is -2.68. The number of ether oxygens (including phenoxy) is 2. The second-order valence-electron chi connectivity index (χ2n) is 8.18. The summed E-state index contributed by atoms with van der Waals surface area (Å²) in [5, 5.41) is 10.2. The maximum atomic E-state index is 14.3. The Bertz CT molecular complexity index is 1480. The van der Waals surface area contributed by atoms with E-state index in [4.69, 9.17) is 15.2 Å². The van der Waals surface area contributed by atoms with E-state index < -0.39 is 17.9 Å². The molecule has 192 valence electrons. The molecule has 0 saturated heterocycles. The Kier molecular flexibility index (Phi) is 8.14. The van der Waals surface area contributed by atoms with Crippen molar-refractivity contribution in [3.63, 3.8) is 0 Å². The van der Waals surface area contributed by atoms with E-state index in [1.54, 1.807) is 72.8 Å². The summed E-state index contributed by atoms with van der Waals surface area (Å²) in [6, 6.07) is 24.4. The highest BCUT2D eigenvalue weighted by Gasteiger charge is 2.43. The largest absolute Gasteiger partial charge is 0.466 e. The highest BCUT2D eigenvalue weighted by molar-refractivity contribution is 7.98. The zero-order valence-electron chi connectivity index (χ0n) is 20.7. The van der Waals surface area contributed by atoms with Gasteiger partial charge in [-0.25, -0.2) is 14.0 Å². The molecule has 3 aromatic carbocycles. The van der Waals surface area contributed by atoms with Crippen LogP contribution < -0.4 is 10.6 Å². The van der Waals surface area contributed by atoms with Gasteiger partial charge in [-0.05, 0) is 29.3 Å². The van der Waals surface area contributed by atoms with E-state index in [1.165, 1.54) is 36.9 Å². The SMILES string of the molecule is COC(=O)C1=C(C(=O)OC)N(c2ccccc2SCc2ccccc2F)C(N)=C(C#N)C1c1ccccc1. The highest BCUT2D eigenvalue weighted by Crippen LogP contribution is 2.45. The molecule has 0 aliphatic carbocycles. The average molecular weight is 530 g/mol. The first kappa shape index (κ1) is 26.5. The average Bonchev–Trinajstić information content (AvgIpc) is 2.96. The first-order valence-corrected chi connectivity index (χ1v) is 12.5. The lowest BCUT2D eigenvalue weighted by molar-refractivity contribution is -0.139. The van der Waals surface area contributed by atoms with E-state index in [9.17, 15) is 19.2 Å². The monoisotopic (exact) mass is 529 g/mol. The molecule has 2 N–H and O–H groups in total. The van der Waals surface area contributed by atoms with Crippen molar-refractivity contribution in [2.45, 2.75) is 16.6 Å². The van der Waals surface area contributed by atoms with Gasteiger partial charge >= 0.3 is 11.9 Å². The first-order chi connectivity index (χ1) is 18.4. The lowest BCUT2D eigenvalue weighted by Crippen LogP contribution is -2.41. The van der Waals surface area contributed by atoms with Gasteiger partial charge in [-0.3, -0.25) is 4.90 Å². The normalized spacial score (nSPS) is 15.2. The fraction of sp³-hybridized carbons (Fsp3) is 0.138. The van der Waals surface area contributed by atoms with Crippen LogP contribution in [0.1, 0.15) is 17.0 Å². The molecule has 38 heavy (non-hydrogen) atoms. The fourth-order valence-electron chi connectivity index (χ4n) is 4.30. The number of benzene rings is 3. The Morgan fingerprint density at radius 3 is 2.26 bits per heavy atom. The Labute approximate surface area is 224 Å². The van der Waals surface area contributed by atoms with Gasteiger partial charge in [-0.1, -0.05) is 60.7 Å². The molecule has 0 saturated carbocycles. The molecule has 0 aromatic heterocycles. The number of nitrogens with two attached hydrogens (primary N) is 1. The number of carbonyl (C=O) groups is 2. The molecule has 1 atom stereocenters. The van der Waals surface area contributed by atoms with Crippen molar-refractivity contribution in [2.24, 2.45) is 5.73 Å². The third-order valence-electron chi connectivity index (χ3n) is 6.06. The zero-order valence-corrected chi connectivity index (χ0v) is 21.5. The predicted molar refractivity (Wildman–Crippen MR) is 142 cm³/mol. The number of para-hydroxylation sites is 1. The van der Waals surface area contributed by atoms with Crippen molar-refractivity contribution in [3.05, 3.63) is 118 Å². The lowest BCUT2D eigenvalue weighted by Gasteiger charge is -2.36. The van der Waals surface area contributed by atoms with Crippen molar-refractivity contribution in [3.8, 4) is 6.07 Å². The van der Waals surface area contributed by atoms with E-state index in [0.29, 0.717) is 27.5 Å². The summed E-state index contributed by atoms with van der Waals surface area (Å²) >= 11 is 1.32. The van der Waals surface area contributed by atoms with E-state index >= 15 is 0 Å². The van der Waals surface area contributed by atoms with Crippen LogP contribution in [0.25, 0.3) is 0 Å². The molecule has 9 heteroatoms. The molecule has 4 rings (SSSR count). The molecular formula is C29H24FN3O4S. The number of allylic oxidation sites excluding steroid dienone is 1. The van der Waals surface area contributed by atoms with Crippen LogP contribution in [0, 0.1) is 17.1 Å². The number of hydrogen-bond donors (Lipinski definition) is 1. The summed E-state index contributed by atoms with van der Waals surface area (Å²) in [4.78, 5) is 28.5. The minimum Gasteiger partial charge on any atom is -0.466 e. The summed E-state index contributed by atoms with van der Waals surface area (Å²) in [7, 11) is 2.39. The van der Waals surface area contributed by atoms with Gasteiger partial charge in [0.15, 0.2) is 0 Å². The Morgan fingerprint density at radius 2 is 1.61 bits per heavy atom. The number of nitriles is 1. The standard InChI is InChI=1S/C29H24FN3O4S/c1-36-28(34)25-24(18-10-4-3-5-11-18)20(16-31)27(32)33(26(25)29(35)37-2)22-14-8-9-15-23(22)38-17-19-12-6-7-13-21(19)30/h3-15,24H,17,32H2,1-2H3. The molecule has 7 nitrogen and oxygen atoms in total. The quantitative estimate of drug-likeness (QED) is 0.336. The molecule has 0 radical (unpaired) electrons. The molecule has 1 unspecified atom stereocenters. The van der Waals surface area contributed by atoms with Crippen molar-refractivity contribution in [1.82, 2.24) is 0 Å². The Morgan fingerprint density at radius 1 is 0.974 bits per heavy atom. The van der Waals surface area contributed by atoms with Crippen LogP contribution in [0.5, 0.6) is 0 Å². The van der Waals surface area contributed by atoms with Crippen LogP contribution in [0.2, 0.25) is 0 Å². The molecule has 0 bridgehead atoms. The summed E-state index contributed by atoms with van der Waals surface area (Å²) in [6.07, 6.45) is 0. The molecule has 0 spiro atoms. The van der Waals surface area contributed by atoms with Crippen molar-refractivity contribution >= 4 is 29.4 Å². The van der Waals surface area contributed by atoms with E-state index in [0.717, 1.165) is 0 Å². The summed E-state index contributed by atoms with van der Waals surface area (Å²) < 4.78 is 24.5. The first-order valence-electron chi connectivity index (χ1n) is 11.5. The van der Waals surface area contributed by atoms with Crippen molar-refractivity contribution < 1.29 is 23.5 Å².